The van der Waals surface area contributed by atoms with E-state index in [-0.39, 0.29) is 0 Å². The van der Waals surface area contributed by atoms with Gasteiger partial charge in [0.1, 0.15) is 0 Å². The highest BCUT2D eigenvalue weighted by molar-refractivity contribution is 7.80. The molecule has 1 saturated carbocycles. The SMILES string of the molecule is CCC(C)OCC1(CC(N)=S)CC1. The van der Waals surface area contributed by atoms with Crippen LogP contribution in [0.1, 0.15) is 39.5 Å². The van der Waals surface area contributed by atoms with Crippen LogP contribution in [-0.4, -0.2) is 17.7 Å². The zero-order chi connectivity index (χ0) is 9.90. The Morgan fingerprint density at radius 3 is 2.62 bits per heavy atom. The van der Waals surface area contributed by atoms with E-state index >= 15 is 0 Å². The van der Waals surface area contributed by atoms with Crippen molar-refractivity contribution >= 4 is 17.2 Å². The van der Waals surface area contributed by atoms with Crippen LogP contribution in [0.15, 0.2) is 0 Å². The van der Waals surface area contributed by atoms with Crippen LogP contribution in [0.5, 0.6) is 0 Å². The first-order chi connectivity index (χ1) is 6.08. The third-order valence-electron chi connectivity index (χ3n) is 2.76. The summed E-state index contributed by atoms with van der Waals surface area (Å²) in [6.07, 6.45) is 4.74. The summed E-state index contributed by atoms with van der Waals surface area (Å²) in [6.45, 7) is 5.08. The summed E-state index contributed by atoms with van der Waals surface area (Å²) in [5.74, 6) is 0. The molecule has 76 valence electrons. The standard InChI is InChI=1S/C10H19NOS/c1-3-8(2)12-7-10(4-5-10)6-9(11)13/h8H,3-7H2,1-2H3,(H2,11,13). The van der Waals surface area contributed by atoms with E-state index in [9.17, 15) is 0 Å². The van der Waals surface area contributed by atoms with E-state index in [0.717, 1.165) is 19.4 Å². The molecule has 1 fully saturated rings. The maximum Gasteiger partial charge on any atom is 0.0733 e. The van der Waals surface area contributed by atoms with Crippen molar-refractivity contribution in [3.63, 3.8) is 0 Å². The van der Waals surface area contributed by atoms with Crippen LogP contribution >= 0.6 is 12.2 Å². The molecule has 0 bridgehead atoms. The van der Waals surface area contributed by atoms with Crippen molar-refractivity contribution in [1.29, 1.82) is 0 Å². The number of ether oxygens (including phenoxy) is 1. The first-order valence-electron chi connectivity index (χ1n) is 4.98. The number of thiocarbonyl (C=S) groups is 1. The van der Waals surface area contributed by atoms with Crippen LogP contribution in [0.3, 0.4) is 0 Å². The highest BCUT2D eigenvalue weighted by Crippen LogP contribution is 2.49. The van der Waals surface area contributed by atoms with Crippen LogP contribution in [0, 0.1) is 5.41 Å². The smallest absolute Gasteiger partial charge is 0.0733 e. The fourth-order valence-corrected chi connectivity index (χ4v) is 1.66. The van der Waals surface area contributed by atoms with Gasteiger partial charge in [0.25, 0.3) is 0 Å². The highest BCUT2D eigenvalue weighted by atomic mass is 32.1. The highest BCUT2D eigenvalue weighted by Gasteiger charge is 2.43. The first kappa shape index (κ1) is 10.9. The van der Waals surface area contributed by atoms with E-state index in [1.807, 2.05) is 0 Å². The van der Waals surface area contributed by atoms with Gasteiger partial charge in [0.15, 0.2) is 0 Å². The molecule has 1 aliphatic carbocycles. The largest absolute Gasteiger partial charge is 0.393 e. The molecule has 1 atom stereocenters. The topological polar surface area (TPSA) is 35.2 Å². The lowest BCUT2D eigenvalue weighted by Crippen LogP contribution is -2.21. The van der Waals surface area contributed by atoms with Gasteiger partial charge >= 0.3 is 0 Å². The molecule has 13 heavy (non-hydrogen) atoms. The molecule has 0 aromatic rings. The average Bonchev–Trinajstić information content (AvgIpc) is 2.80. The Balaban J connectivity index is 2.23. The van der Waals surface area contributed by atoms with Crippen molar-refractivity contribution in [2.45, 2.75) is 45.6 Å². The Morgan fingerprint density at radius 1 is 1.62 bits per heavy atom. The quantitative estimate of drug-likeness (QED) is 0.669. The van der Waals surface area contributed by atoms with Crippen LogP contribution in [0.2, 0.25) is 0 Å². The van der Waals surface area contributed by atoms with Crippen molar-refractivity contribution < 1.29 is 4.74 Å². The monoisotopic (exact) mass is 201 g/mol. The zero-order valence-electron chi connectivity index (χ0n) is 8.51. The number of hydrogen-bond donors (Lipinski definition) is 1. The molecule has 0 aromatic carbocycles. The fraction of sp³-hybridized carbons (Fsp3) is 0.900. The van der Waals surface area contributed by atoms with Gasteiger partial charge in [-0.2, -0.15) is 0 Å². The minimum absolute atomic E-state index is 0.315. The molecular weight excluding hydrogens is 182 g/mol. The second-order valence-corrected chi connectivity index (χ2v) is 4.70. The molecule has 1 rings (SSSR count). The third-order valence-corrected chi connectivity index (χ3v) is 2.90. The zero-order valence-corrected chi connectivity index (χ0v) is 9.32. The predicted molar refractivity (Wildman–Crippen MR) is 58.8 cm³/mol. The van der Waals surface area contributed by atoms with E-state index in [1.54, 1.807) is 0 Å². The van der Waals surface area contributed by atoms with Crippen LogP contribution in [-0.2, 0) is 4.74 Å². The Morgan fingerprint density at radius 2 is 2.23 bits per heavy atom. The van der Waals surface area contributed by atoms with Gasteiger partial charge in [0.05, 0.1) is 17.7 Å². The van der Waals surface area contributed by atoms with Crippen molar-refractivity contribution in [1.82, 2.24) is 0 Å². The molecule has 1 unspecified atom stereocenters. The van der Waals surface area contributed by atoms with E-state index < -0.39 is 0 Å². The maximum atomic E-state index is 5.70. The molecule has 0 radical (unpaired) electrons. The second kappa shape index (κ2) is 4.38. The van der Waals surface area contributed by atoms with Gasteiger partial charge < -0.3 is 10.5 Å². The molecule has 1 aliphatic rings. The number of nitrogens with two attached hydrogens (primary N) is 1. The number of hydrogen-bond acceptors (Lipinski definition) is 2. The molecule has 2 nitrogen and oxygen atoms in total. The predicted octanol–water partition coefficient (Wildman–Crippen LogP) is 2.26. The average molecular weight is 201 g/mol. The minimum Gasteiger partial charge on any atom is -0.393 e. The normalized spacial score (nSPS) is 21.1. The molecule has 0 aromatic heterocycles. The lowest BCUT2D eigenvalue weighted by molar-refractivity contribution is 0.0327. The molecule has 3 heteroatoms. The van der Waals surface area contributed by atoms with Gasteiger partial charge in [0.2, 0.25) is 0 Å². The van der Waals surface area contributed by atoms with Gasteiger partial charge in [-0.25, -0.2) is 0 Å². The number of rotatable bonds is 6. The molecule has 0 aliphatic heterocycles. The van der Waals surface area contributed by atoms with Gasteiger partial charge in [-0.05, 0) is 26.2 Å². The molecule has 2 N–H and O–H groups in total. The third kappa shape index (κ3) is 3.61. The van der Waals surface area contributed by atoms with Gasteiger partial charge in [-0.3, -0.25) is 0 Å². The van der Waals surface area contributed by atoms with Crippen molar-refractivity contribution in [2.24, 2.45) is 11.1 Å². The summed E-state index contributed by atoms with van der Waals surface area (Å²) in [7, 11) is 0. The van der Waals surface area contributed by atoms with E-state index in [2.05, 4.69) is 13.8 Å². The summed E-state index contributed by atoms with van der Waals surface area (Å²) in [5, 5.41) is 0. The van der Waals surface area contributed by atoms with Crippen LogP contribution in [0.4, 0.5) is 0 Å². The fourth-order valence-electron chi connectivity index (χ4n) is 1.36. The van der Waals surface area contributed by atoms with Crippen molar-refractivity contribution in [3.05, 3.63) is 0 Å². The van der Waals surface area contributed by atoms with Crippen LogP contribution in [0.25, 0.3) is 0 Å². The lowest BCUT2D eigenvalue weighted by Gasteiger charge is -2.17. The Kier molecular flexibility index (Phi) is 3.68. The molecule has 0 heterocycles. The molecular formula is C10H19NOS. The summed E-state index contributed by atoms with van der Waals surface area (Å²) in [4.78, 5) is 0.630. The molecule has 0 spiro atoms. The van der Waals surface area contributed by atoms with E-state index in [1.165, 1.54) is 12.8 Å². The van der Waals surface area contributed by atoms with Crippen LogP contribution < -0.4 is 5.73 Å². The summed E-state index contributed by atoms with van der Waals surface area (Å²) < 4.78 is 5.70. The van der Waals surface area contributed by atoms with E-state index in [4.69, 9.17) is 22.7 Å². The van der Waals surface area contributed by atoms with Crippen molar-refractivity contribution in [2.75, 3.05) is 6.61 Å². The van der Waals surface area contributed by atoms with Gasteiger partial charge in [-0.15, -0.1) is 0 Å². The second-order valence-electron chi connectivity index (χ2n) is 4.17. The Labute approximate surface area is 85.8 Å². The Hall–Kier alpha value is -0.150. The molecule has 0 saturated heterocycles. The lowest BCUT2D eigenvalue weighted by atomic mass is 10.0. The Bertz CT molecular complexity index is 189. The summed E-state index contributed by atoms with van der Waals surface area (Å²) >= 11 is 4.91. The van der Waals surface area contributed by atoms with Gasteiger partial charge in [0, 0.05) is 11.8 Å². The first-order valence-corrected chi connectivity index (χ1v) is 5.39. The van der Waals surface area contributed by atoms with Gasteiger partial charge in [-0.1, -0.05) is 19.1 Å². The maximum absolute atomic E-state index is 5.70. The van der Waals surface area contributed by atoms with E-state index in [0.29, 0.717) is 16.5 Å². The summed E-state index contributed by atoms with van der Waals surface area (Å²) in [6, 6.07) is 0. The van der Waals surface area contributed by atoms with Crippen molar-refractivity contribution in [3.8, 4) is 0 Å². The molecule has 0 amide bonds. The minimum atomic E-state index is 0.315. The summed E-state index contributed by atoms with van der Waals surface area (Å²) in [5.41, 5.74) is 5.85.